The number of hydrogen-bond donors (Lipinski definition) is 1. The zero-order chi connectivity index (χ0) is 12.8. The lowest BCUT2D eigenvalue weighted by Gasteiger charge is -1.98. The zero-order valence-corrected chi connectivity index (χ0v) is 10.2. The third-order valence-electron chi connectivity index (χ3n) is 2.58. The maximum absolute atomic E-state index is 10.3. The molecule has 18 heavy (non-hydrogen) atoms. The van der Waals surface area contributed by atoms with Gasteiger partial charge in [-0.15, -0.1) is 0 Å². The van der Waals surface area contributed by atoms with Crippen molar-refractivity contribution < 1.29 is 9.32 Å². The van der Waals surface area contributed by atoms with Crippen LogP contribution in [0.5, 0.6) is 0 Å². The van der Waals surface area contributed by atoms with Gasteiger partial charge in [-0.1, -0.05) is 18.5 Å². The number of anilines is 1. The number of hydrogen-bond acceptors (Lipinski definition) is 4. The van der Waals surface area contributed by atoms with E-state index in [1.165, 1.54) is 0 Å². The topological polar surface area (TPSA) is 68.0 Å². The monoisotopic (exact) mass is 245 g/mol. The van der Waals surface area contributed by atoms with Crippen molar-refractivity contribution in [2.24, 2.45) is 0 Å². The van der Waals surface area contributed by atoms with Crippen molar-refractivity contribution in [3.63, 3.8) is 0 Å². The average molecular weight is 245 g/mol. The SMILES string of the molecule is CCCCc1nc(-c2ccc(NC=O)cc2)no1. The van der Waals surface area contributed by atoms with E-state index in [0.29, 0.717) is 18.1 Å². The molecular weight excluding hydrogens is 230 g/mol. The largest absolute Gasteiger partial charge is 0.339 e. The van der Waals surface area contributed by atoms with Gasteiger partial charge < -0.3 is 9.84 Å². The minimum absolute atomic E-state index is 0.582. The van der Waals surface area contributed by atoms with Gasteiger partial charge in [0, 0.05) is 17.7 Å². The molecule has 0 aliphatic heterocycles. The van der Waals surface area contributed by atoms with Crippen LogP contribution < -0.4 is 5.32 Å². The Labute approximate surface area is 105 Å². The number of aryl methyl sites for hydroxylation is 1. The van der Waals surface area contributed by atoms with Crippen molar-refractivity contribution >= 4 is 12.1 Å². The molecule has 1 amide bonds. The molecule has 0 fully saturated rings. The van der Waals surface area contributed by atoms with Crippen molar-refractivity contribution in [2.45, 2.75) is 26.2 Å². The number of nitrogens with one attached hydrogen (secondary N) is 1. The van der Waals surface area contributed by atoms with Gasteiger partial charge in [-0.3, -0.25) is 4.79 Å². The summed E-state index contributed by atoms with van der Waals surface area (Å²) in [6.45, 7) is 2.12. The number of benzene rings is 1. The molecule has 94 valence electrons. The molecule has 0 saturated heterocycles. The molecular formula is C13H15N3O2. The van der Waals surface area contributed by atoms with Crippen molar-refractivity contribution in [3.05, 3.63) is 30.2 Å². The third-order valence-corrected chi connectivity index (χ3v) is 2.58. The fraction of sp³-hybridized carbons (Fsp3) is 0.308. The van der Waals surface area contributed by atoms with Gasteiger partial charge in [0.25, 0.3) is 0 Å². The number of amides is 1. The average Bonchev–Trinajstić information content (AvgIpc) is 2.86. The molecule has 0 atom stereocenters. The fourth-order valence-electron chi connectivity index (χ4n) is 1.59. The molecule has 1 aromatic carbocycles. The predicted octanol–water partition coefficient (Wildman–Crippen LogP) is 2.65. The molecule has 5 heteroatoms. The van der Waals surface area contributed by atoms with Crippen LogP contribution in [0.3, 0.4) is 0 Å². The van der Waals surface area contributed by atoms with Crippen molar-refractivity contribution in [2.75, 3.05) is 5.32 Å². The van der Waals surface area contributed by atoms with Crippen LogP contribution in [0, 0.1) is 0 Å². The van der Waals surface area contributed by atoms with Crippen molar-refractivity contribution in [3.8, 4) is 11.4 Å². The second-order valence-corrected chi connectivity index (χ2v) is 3.95. The van der Waals surface area contributed by atoms with Gasteiger partial charge in [-0.05, 0) is 30.7 Å². The number of carbonyl (C=O) groups is 1. The quantitative estimate of drug-likeness (QED) is 0.794. The maximum atomic E-state index is 10.3. The summed E-state index contributed by atoms with van der Waals surface area (Å²) in [5.74, 6) is 1.25. The lowest BCUT2D eigenvalue weighted by Crippen LogP contribution is -1.93. The Balaban J connectivity index is 2.10. The highest BCUT2D eigenvalue weighted by Crippen LogP contribution is 2.18. The first-order valence-corrected chi connectivity index (χ1v) is 5.96. The van der Waals surface area contributed by atoms with Gasteiger partial charge in [0.05, 0.1) is 0 Å². The highest BCUT2D eigenvalue weighted by Gasteiger charge is 2.07. The molecule has 0 aliphatic rings. The molecule has 0 radical (unpaired) electrons. The van der Waals surface area contributed by atoms with Gasteiger partial charge in [0.2, 0.25) is 18.1 Å². The normalized spacial score (nSPS) is 10.3. The molecule has 2 rings (SSSR count). The first-order valence-electron chi connectivity index (χ1n) is 5.96. The molecule has 2 aromatic rings. The Morgan fingerprint density at radius 1 is 1.33 bits per heavy atom. The number of carbonyl (C=O) groups excluding carboxylic acids is 1. The number of rotatable bonds is 6. The number of unbranched alkanes of at least 4 members (excludes halogenated alkanes) is 1. The Morgan fingerprint density at radius 2 is 2.11 bits per heavy atom. The van der Waals surface area contributed by atoms with E-state index in [-0.39, 0.29) is 0 Å². The van der Waals surface area contributed by atoms with Crippen LogP contribution in [0.1, 0.15) is 25.7 Å². The summed E-state index contributed by atoms with van der Waals surface area (Å²) in [5, 5.41) is 6.51. The van der Waals surface area contributed by atoms with E-state index in [1.807, 2.05) is 12.1 Å². The molecule has 1 N–H and O–H groups in total. The van der Waals surface area contributed by atoms with E-state index in [0.717, 1.165) is 30.5 Å². The zero-order valence-electron chi connectivity index (χ0n) is 10.2. The fourth-order valence-corrected chi connectivity index (χ4v) is 1.59. The standard InChI is InChI=1S/C13H15N3O2/c1-2-3-4-12-15-13(16-18-12)10-5-7-11(8-6-10)14-9-17/h5-9H,2-4H2,1H3,(H,14,17). The predicted molar refractivity (Wildman–Crippen MR) is 68.0 cm³/mol. The smallest absolute Gasteiger partial charge is 0.226 e. The van der Waals surface area contributed by atoms with E-state index >= 15 is 0 Å². The molecule has 1 heterocycles. The summed E-state index contributed by atoms with van der Waals surface area (Å²) in [5.41, 5.74) is 1.61. The summed E-state index contributed by atoms with van der Waals surface area (Å²) in [7, 11) is 0. The summed E-state index contributed by atoms with van der Waals surface area (Å²) in [6, 6.07) is 7.29. The lowest BCUT2D eigenvalue weighted by molar-refractivity contribution is -0.105. The summed E-state index contributed by atoms with van der Waals surface area (Å²) < 4.78 is 5.17. The summed E-state index contributed by atoms with van der Waals surface area (Å²) in [4.78, 5) is 14.6. The minimum atomic E-state index is 0.582. The minimum Gasteiger partial charge on any atom is -0.339 e. The van der Waals surface area contributed by atoms with E-state index in [1.54, 1.807) is 12.1 Å². The summed E-state index contributed by atoms with van der Waals surface area (Å²) in [6.07, 6.45) is 3.61. The lowest BCUT2D eigenvalue weighted by atomic mass is 10.2. The van der Waals surface area contributed by atoms with Gasteiger partial charge in [-0.2, -0.15) is 4.98 Å². The third kappa shape index (κ3) is 2.94. The van der Waals surface area contributed by atoms with Crippen LogP contribution >= 0.6 is 0 Å². The van der Waals surface area contributed by atoms with Crippen LogP contribution in [-0.2, 0) is 11.2 Å². The highest BCUT2D eigenvalue weighted by molar-refractivity contribution is 5.72. The second-order valence-electron chi connectivity index (χ2n) is 3.95. The number of aromatic nitrogens is 2. The highest BCUT2D eigenvalue weighted by atomic mass is 16.5. The van der Waals surface area contributed by atoms with Gasteiger partial charge in [-0.25, -0.2) is 0 Å². The van der Waals surface area contributed by atoms with Crippen molar-refractivity contribution in [1.82, 2.24) is 10.1 Å². The Hall–Kier alpha value is -2.17. The van der Waals surface area contributed by atoms with Crippen molar-refractivity contribution in [1.29, 1.82) is 0 Å². The molecule has 0 saturated carbocycles. The molecule has 0 bridgehead atoms. The van der Waals surface area contributed by atoms with E-state index in [2.05, 4.69) is 22.4 Å². The Bertz CT molecular complexity index is 505. The molecule has 0 spiro atoms. The maximum Gasteiger partial charge on any atom is 0.226 e. The Morgan fingerprint density at radius 3 is 2.78 bits per heavy atom. The molecule has 5 nitrogen and oxygen atoms in total. The molecule has 1 aromatic heterocycles. The van der Waals surface area contributed by atoms with Gasteiger partial charge in [0.1, 0.15) is 0 Å². The van der Waals surface area contributed by atoms with Gasteiger partial charge >= 0.3 is 0 Å². The van der Waals surface area contributed by atoms with Crippen LogP contribution in [0.25, 0.3) is 11.4 Å². The Kier molecular flexibility index (Phi) is 4.06. The van der Waals surface area contributed by atoms with E-state index in [4.69, 9.17) is 4.52 Å². The van der Waals surface area contributed by atoms with E-state index < -0.39 is 0 Å². The first-order chi connectivity index (χ1) is 8.83. The molecule has 0 unspecified atom stereocenters. The van der Waals surface area contributed by atoms with E-state index in [9.17, 15) is 4.79 Å². The van der Waals surface area contributed by atoms with Crippen LogP contribution in [-0.4, -0.2) is 16.6 Å². The van der Waals surface area contributed by atoms with Gasteiger partial charge in [0.15, 0.2) is 0 Å². The summed E-state index contributed by atoms with van der Waals surface area (Å²) >= 11 is 0. The van der Waals surface area contributed by atoms with Crippen LogP contribution in [0.2, 0.25) is 0 Å². The second kappa shape index (κ2) is 5.95. The molecule has 0 aliphatic carbocycles. The first kappa shape index (κ1) is 12.3. The van der Waals surface area contributed by atoms with Crippen LogP contribution in [0.4, 0.5) is 5.69 Å². The van der Waals surface area contributed by atoms with Crippen LogP contribution in [0.15, 0.2) is 28.8 Å². The number of nitrogens with zero attached hydrogens (tertiary/aromatic N) is 2.